The standard InChI is InChI=1S/C13H14INO3/c1-4-8-15(13(16)18-10(2)14)11-6-5-7-12(9-11)17-3/h1,5-7,9-10H,8H2,2-3H3. The van der Waals surface area contributed by atoms with Crippen molar-refractivity contribution in [3.05, 3.63) is 24.3 Å². The fraction of sp³-hybridized carbons (Fsp3) is 0.308. The van der Waals surface area contributed by atoms with Gasteiger partial charge in [0.25, 0.3) is 0 Å². The summed E-state index contributed by atoms with van der Waals surface area (Å²) in [6.45, 7) is 1.92. The molecule has 0 aliphatic heterocycles. The Balaban J connectivity index is 2.96. The third kappa shape index (κ3) is 4.11. The molecule has 0 heterocycles. The van der Waals surface area contributed by atoms with Crippen molar-refractivity contribution in [3.63, 3.8) is 0 Å². The van der Waals surface area contributed by atoms with E-state index >= 15 is 0 Å². The van der Waals surface area contributed by atoms with Crippen LogP contribution >= 0.6 is 22.6 Å². The molecule has 1 atom stereocenters. The maximum Gasteiger partial charge on any atom is 0.416 e. The van der Waals surface area contributed by atoms with E-state index in [1.807, 2.05) is 22.6 Å². The van der Waals surface area contributed by atoms with Gasteiger partial charge in [0.15, 0.2) is 4.11 Å². The van der Waals surface area contributed by atoms with E-state index in [4.69, 9.17) is 15.9 Å². The van der Waals surface area contributed by atoms with E-state index in [9.17, 15) is 4.79 Å². The molecule has 0 N–H and O–H groups in total. The van der Waals surface area contributed by atoms with Crippen LogP contribution in [0.15, 0.2) is 24.3 Å². The zero-order valence-electron chi connectivity index (χ0n) is 10.2. The van der Waals surface area contributed by atoms with Crippen LogP contribution in [-0.2, 0) is 4.74 Å². The predicted molar refractivity (Wildman–Crippen MR) is 79.1 cm³/mol. The van der Waals surface area contributed by atoms with Crippen molar-refractivity contribution in [3.8, 4) is 18.1 Å². The molecule has 0 spiro atoms. The predicted octanol–water partition coefficient (Wildman–Crippen LogP) is 3.05. The number of halogens is 1. The van der Waals surface area contributed by atoms with E-state index in [1.54, 1.807) is 38.3 Å². The summed E-state index contributed by atoms with van der Waals surface area (Å²) in [6.07, 6.45) is 4.80. The van der Waals surface area contributed by atoms with Gasteiger partial charge in [0.1, 0.15) is 5.75 Å². The summed E-state index contributed by atoms with van der Waals surface area (Å²) in [4.78, 5) is 13.3. The Morgan fingerprint density at radius 2 is 2.33 bits per heavy atom. The topological polar surface area (TPSA) is 38.8 Å². The van der Waals surface area contributed by atoms with Crippen molar-refractivity contribution in [2.45, 2.75) is 11.0 Å². The molecular weight excluding hydrogens is 345 g/mol. The summed E-state index contributed by atoms with van der Waals surface area (Å²) in [7, 11) is 1.57. The summed E-state index contributed by atoms with van der Waals surface area (Å²) < 4.78 is 10.0. The lowest BCUT2D eigenvalue weighted by Gasteiger charge is -2.21. The molecule has 0 aliphatic carbocycles. The number of anilines is 1. The fourth-order valence-corrected chi connectivity index (χ4v) is 1.55. The molecule has 4 nitrogen and oxygen atoms in total. The largest absolute Gasteiger partial charge is 0.497 e. The van der Waals surface area contributed by atoms with Crippen LogP contribution in [-0.4, -0.2) is 23.9 Å². The second kappa shape index (κ2) is 7.11. The summed E-state index contributed by atoms with van der Waals surface area (Å²) in [5.41, 5.74) is 0.648. The summed E-state index contributed by atoms with van der Waals surface area (Å²) in [5.74, 6) is 3.10. The minimum Gasteiger partial charge on any atom is -0.497 e. The van der Waals surface area contributed by atoms with Gasteiger partial charge >= 0.3 is 6.09 Å². The van der Waals surface area contributed by atoms with Crippen molar-refractivity contribution < 1.29 is 14.3 Å². The molecule has 5 heteroatoms. The van der Waals surface area contributed by atoms with Crippen LogP contribution < -0.4 is 9.64 Å². The zero-order chi connectivity index (χ0) is 13.5. The number of carbonyl (C=O) groups is 1. The number of terminal acetylenes is 1. The van der Waals surface area contributed by atoms with Crippen LogP contribution in [0.25, 0.3) is 0 Å². The van der Waals surface area contributed by atoms with Gasteiger partial charge in [0, 0.05) is 6.07 Å². The Hall–Kier alpha value is -1.42. The molecule has 96 valence electrons. The number of hydrogen-bond acceptors (Lipinski definition) is 3. The highest BCUT2D eigenvalue weighted by Gasteiger charge is 2.18. The average Bonchev–Trinajstić information content (AvgIpc) is 2.35. The van der Waals surface area contributed by atoms with Crippen molar-refractivity contribution in [2.24, 2.45) is 0 Å². The van der Waals surface area contributed by atoms with E-state index in [-0.39, 0.29) is 10.7 Å². The Morgan fingerprint density at radius 1 is 1.61 bits per heavy atom. The van der Waals surface area contributed by atoms with Crippen LogP contribution in [0.4, 0.5) is 10.5 Å². The fourth-order valence-electron chi connectivity index (χ4n) is 1.33. The molecule has 1 aromatic carbocycles. The third-order valence-electron chi connectivity index (χ3n) is 2.10. The van der Waals surface area contributed by atoms with Crippen molar-refractivity contribution in [1.82, 2.24) is 0 Å². The first-order chi connectivity index (χ1) is 8.58. The normalized spacial score (nSPS) is 11.2. The molecular formula is C13H14INO3. The average molecular weight is 359 g/mol. The SMILES string of the molecule is C#CCN(C(=O)OC(C)I)c1cccc(OC)c1. The summed E-state index contributed by atoms with van der Waals surface area (Å²) in [6, 6.07) is 7.09. The van der Waals surface area contributed by atoms with Crippen molar-refractivity contribution in [1.29, 1.82) is 0 Å². The minimum absolute atomic E-state index is 0.148. The molecule has 0 fully saturated rings. The monoisotopic (exact) mass is 359 g/mol. The van der Waals surface area contributed by atoms with Gasteiger partial charge in [-0.3, -0.25) is 4.90 Å². The number of benzene rings is 1. The minimum atomic E-state index is -0.469. The second-order valence-corrected chi connectivity index (χ2v) is 5.17. The Bertz CT molecular complexity index is 454. The maximum atomic E-state index is 11.9. The molecule has 0 aromatic heterocycles. The Kier molecular flexibility index (Phi) is 5.78. The highest BCUT2D eigenvalue weighted by atomic mass is 127. The van der Waals surface area contributed by atoms with Crippen LogP contribution in [0.3, 0.4) is 0 Å². The summed E-state index contributed by atoms with van der Waals surface area (Å²) in [5, 5.41) is 0. The van der Waals surface area contributed by atoms with Crippen LogP contribution in [0, 0.1) is 12.3 Å². The van der Waals surface area contributed by atoms with Crippen LogP contribution in [0.2, 0.25) is 0 Å². The highest BCUT2D eigenvalue weighted by Crippen LogP contribution is 2.22. The van der Waals surface area contributed by atoms with Gasteiger partial charge in [-0.25, -0.2) is 4.79 Å². The van der Waals surface area contributed by atoms with E-state index in [0.29, 0.717) is 11.4 Å². The lowest BCUT2D eigenvalue weighted by atomic mass is 10.3. The quantitative estimate of drug-likeness (QED) is 0.471. The maximum absolute atomic E-state index is 11.9. The Labute approximate surface area is 120 Å². The first-order valence-electron chi connectivity index (χ1n) is 5.28. The third-order valence-corrected chi connectivity index (χ3v) is 2.35. The number of hydrogen-bond donors (Lipinski definition) is 0. The van der Waals surface area contributed by atoms with Crippen LogP contribution in [0.1, 0.15) is 6.92 Å². The molecule has 18 heavy (non-hydrogen) atoms. The molecule has 0 aliphatic rings. The first kappa shape index (κ1) is 14.6. The molecule has 0 saturated carbocycles. The van der Waals surface area contributed by atoms with Gasteiger partial charge in [-0.2, -0.15) is 0 Å². The lowest BCUT2D eigenvalue weighted by Crippen LogP contribution is -2.33. The second-order valence-electron chi connectivity index (χ2n) is 3.42. The molecule has 0 saturated heterocycles. The van der Waals surface area contributed by atoms with Crippen molar-refractivity contribution in [2.75, 3.05) is 18.6 Å². The number of rotatable bonds is 4. The van der Waals surface area contributed by atoms with Gasteiger partial charge in [-0.05, 0) is 41.6 Å². The molecule has 1 aromatic rings. The molecule has 0 bridgehead atoms. The lowest BCUT2D eigenvalue weighted by molar-refractivity contribution is 0.154. The zero-order valence-corrected chi connectivity index (χ0v) is 12.4. The van der Waals surface area contributed by atoms with Gasteiger partial charge < -0.3 is 9.47 Å². The number of methoxy groups -OCH3 is 1. The first-order valence-corrected chi connectivity index (χ1v) is 6.52. The molecule has 0 radical (unpaired) electrons. The number of nitrogens with zero attached hydrogens (tertiary/aromatic N) is 1. The highest BCUT2D eigenvalue weighted by molar-refractivity contribution is 14.1. The van der Waals surface area contributed by atoms with Gasteiger partial charge in [-0.15, -0.1) is 6.42 Å². The summed E-state index contributed by atoms with van der Waals surface area (Å²) >= 11 is 2.01. The number of amides is 1. The van der Waals surface area contributed by atoms with Crippen LogP contribution in [0.5, 0.6) is 5.75 Å². The molecule has 1 rings (SSSR count). The van der Waals surface area contributed by atoms with E-state index < -0.39 is 6.09 Å². The number of ether oxygens (including phenoxy) is 2. The van der Waals surface area contributed by atoms with Gasteiger partial charge in [-0.1, -0.05) is 12.0 Å². The number of alkyl halides is 1. The Morgan fingerprint density at radius 3 is 2.89 bits per heavy atom. The van der Waals surface area contributed by atoms with E-state index in [0.717, 1.165) is 0 Å². The van der Waals surface area contributed by atoms with Crippen molar-refractivity contribution >= 4 is 34.4 Å². The van der Waals surface area contributed by atoms with E-state index in [1.165, 1.54) is 4.90 Å². The smallest absolute Gasteiger partial charge is 0.416 e. The number of carbonyl (C=O) groups excluding carboxylic acids is 1. The van der Waals surface area contributed by atoms with Gasteiger partial charge in [0.05, 0.1) is 19.3 Å². The molecule has 1 unspecified atom stereocenters. The van der Waals surface area contributed by atoms with Gasteiger partial charge in [0.2, 0.25) is 0 Å². The molecule has 1 amide bonds. The van der Waals surface area contributed by atoms with E-state index in [2.05, 4.69) is 5.92 Å².